The molecule has 1 aromatic carbocycles. The maximum absolute atomic E-state index is 13.6. The number of sulfone groups is 1. The molecule has 0 aliphatic rings. The van der Waals surface area contributed by atoms with Gasteiger partial charge in [-0.05, 0) is 44.9 Å². The molecule has 0 radical (unpaired) electrons. The first-order valence-corrected chi connectivity index (χ1v) is 12.5. The Morgan fingerprint density at radius 1 is 1.09 bits per heavy atom. The molecule has 0 unspecified atom stereocenters. The van der Waals surface area contributed by atoms with E-state index < -0.39 is 21.6 Å². The highest BCUT2D eigenvalue weighted by Gasteiger charge is 2.29. The Bertz CT molecular complexity index is 1370. The van der Waals surface area contributed by atoms with E-state index >= 15 is 0 Å². The second-order valence-electron chi connectivity index (χ2n) is 7.63. The number of nitrogens with zero attached hydrogens (tertiary/aromatic N) is 4. The number of halogens is 1. The molecule has 0 bridgehead atoms. The lowest BCUT2D eigenvalue weighted by molar-refractivity contribution is 0.0715. The average molecular weight is 493 g/mol. The minimum absolute atomic E-state index is 0.00504. The number of benzene rings is 1. The van der Waals surface area contributed by atoms with Crippen LogP contribution in [0.5, 0.6) is 5.88 Å². The largest absolute Gasteiger partial charge is 0.403 e. The molecular formula is C22H25ClN4O5S. The van der Waals surface area contributed by atoms with Crippen LogP contribution in [-0.4, -0.2) is 46.0 Å². The minimum atomic E-state index is -3.53. The quantitative estimate of drug-likeness (QED) is 0.367. The molecule has 0 aliphatic heterocycles. The van der Waals surface area contributed by atoms with Crippen molar-refractivity contribution >= 4 is 33.2 Å². The third-order valence-corrected chi connectivity index (χ3v) is 6.84. The SMILES string of the molecule is CCc1c(S(C)(=O)=O)ccc(C(=O)c2c(C)nn(CC)c2OC(=O)c2cn(C)nc2C)c1Cl. The average Bonchev–Trinajstić information content (AvgIpc) is 3.24. The smallest absolute Gasteiger partial charge is 0.348 e. The lowest BCUT2D eigenvalue weighted by Gasteiger charge is -2.13. The highest BCUT2D eigenvalue weighted by molar-refractivity contribution is 7.90. The Morgan fingerprint density at radius 3 is 2.27 bits per heavy atom. The lowest BCUT2D eigenvalue weighted by atomic mass is 10.00. The molecule has 0 aliphatic carbocycles. The van der Waals surface area contributed by atoms with Gasteiger partial charge in [-0.15, -0.1) is 0 Å². The Hall–Kier alpha value is -2.98. The molecule has 0 saturated heterocycles. The minimum Gasteiger partial charge on any atom is -0.403 e. The van der Waals surface area contributed by atoms with E-state index in [1.54, 1.807) is 34.7 Å². The second kappa shape index (κ2) is 9.11. The fourth-order valence-electron chi connectivity index (χ4n) is 3.67. The Morgan fingerprint density at radius 2 is 1.76 bits per heavy atom. The number of aromatic nitrogens is 4. The number of esters is 1. The first-order valence-electron chi connectivity index (χ1n) is 10.3. The van der Waals surface area contributed by atoms with Crippen LogP contribution in [0.1, 0.15) is 57.1 Å². The molecule has 176 valence electrons. The van der Waals surface area contributed by atoms with Gasteiger partial charge in [0, 0.05) is 31.6 Å². The number of carbonyl (C=O) groups is 2. The summed E-state index contributed by atoms with van der Waals surface area (Å²) in [5.74, 6) is -1.19. The molecule has 0 saturated carbocycles. The van der Waals surface area contributed by atoms with Crippen molar-refractivity contribution in [3.63, 3.8) is 0 Å². The first-order chi connectivity index (χ1) is 15.4. The number of carbonyl (C=O) groups excluding carboxylic acids is 2. The standard InChI is InChI=1S/C22H25ClN4O5S/c1-7-14-17(33(6,30)31)10-9-15(19(14)23)20(28)18-13(4)25-27(8-2)21(18)32-22(29)16-11-26(5)24-12(16)3/h9-11H,7-8H2,1-6H3. The number of rotatable bonds is 7. The van der Waals surface area contributed by atoms with Gasteiger partial charge in [-0.25, -0.2) is 17.9 Å². The van der Waals surface area contributed by atoms with E-state index in [0.29, 0.717) is 29.9 Å². The maximum atomic E-state index is 13.6. The fraction of sp³-hybridized carbons (Fsp3) is 0.364. The zero-order chi connectivity index (χ0) is 24.7. The predicted molar refractivity (Wildman–Crippen MR) is 123 cm³/mol. The third kappa shape index (κ3) is 4.58. The topological polar surface area (TPSA) is 113 Å². The summed E-state index contributed by atoms with van der Waals surface area (Å²) in [6.07, 6.45) is 2.94. The number of ketones is 1. The van der Waals surface area contributed by atoms with Crippen LogP contribution in [0.3, 0.4) is 0 Å². The number of ether oxygens (including phenoxy) is 1. The van der Waals surface area contributed by atoms with Crippen molar-refractivity contribution < 1.29 is 22.7 Å². The Balaban J connectivity index is 2.12. The van der Waals surface area contributed by atoms with E-state index in [-0.39, 0.29) is 32.5 Å². The van der Waals surface area contributed by atoms with Gasteiger partial charge >= 0.3 is 5.97 Å². The summed E-state index contributed by atoms with van der Waals surface area (Å²) < 4.78 is 32.8. The summed E-state index contributed by atoms with van der Waals surface area (Å²) in [5, 5.41) is 8.53. The second-order valence-corrected chi connectivity index (χ2v) is 9.99. The maximum Gasteiger partial charge on any atom is 0.348 e. The molecule has 0 fully saturated rings. The highest BCUT2D eigenvalue weighted by Crippen LogP contribution is 2.33. The molecule has 0 N–H and O–H groups in total. The summed E-state index contributed by atoms with van der Waals surface area (Å²) in [4.78, 5) is 26.5. The van der Waals surface area contributed by atoms with Crippen molar-refractivity contribution in [2.45, 2.75) is 45.6 Å². The van der Waals surface area contributed by atoms with Gasteiger partial charge in [0.1, 0.15) is 11.1 Å². The van der Waals surface area contributed by atoms with Crippen LogP contribution >= 0.6 is 11.6 Å². The molecule has 0 spiro atoms. The van der Waals surface area contributed by atoms with Gasteiger partial charge in [0.15, 0.2) is 9.84 Å². The van der Waals surface area contributed by atoms with E-state index in [1.807, 2.05) is 0 Å². The first kappa shape index (κ1) is 24.7. The molecule has 2 aromatic heterocycles. The number of hydrogen-bond donors (Lipinski definition) is 0. The van der Waals surface area contributed by atoms with Crippen LogP contribution in [0.2, 0.25) is 5.02 Å². The molecule has 11 heteroatoms. The molecule has 9 nitrogen and oxygen atoms in total. The lowest BCUT2D eigenvalue weighted by Crippen LogP contribution is -2.15. The van der Waals surface area contributed by atoms with Gasteiger partial charge in [0.2, 0.25) is 11.7 Å². The van der Waals surface area contributed by atoms with E-state index in [2.05, 4.69) is 10.2 Å². The van der Waals surface area contributed by atoms with Crippen molar-refractivity contribution in [1.82, 2.24) is 19.6 Å². The molecule has 0 atom stereocenters. The van der Waals surface area contributed by atoms with Crippen molar-refractivity contribution in [2.24, 2.45) is 7.05 Å². The molecule has 33 heavy (non-hydrogen) atoms. The van der Waals surface area contributed by atoms with Gasteiger partial charge in [-0.1, -0.05) is 18.5 Å². The van der Waals surface area contributed by atoms with Crippen LogP contribution in [0.15, 0.2) is 23.2 Å². The molecule has 2 heterocycles. The molecule has 3 aromatic rings. The summed E-state index contributed by atoms with van der Waals surface area (Å²) in [6.45, 7) is 7.22. The number of hydrogen-bond acceptors (Lipinski definition) is 7. The zero-order valence-corrected chi connectivity index (χ0v) is 20.8. The Labute approximate surface area is 197 Å². The zero-order valence-electron chi connectivity index (χ0n) is 19.3. The molecular weight excluding hydrogens is 468 g/mol. The summed E-state index contributed by atoms with van der Waals surface area (Å²) in [6, 6.07) is 2.75. The van der Waals surface area contributed by atoms with Crippen LogP contribution in [0.4, 0.5) is 0 Å². The predicted octanol–water partition coefficient (Wildman–Crippen LogP) is 3.32. The molecule has 3 rings (SSSR count). The van der Waals surface area contributed by atoms with E-state index in [4.69, 9.17) is 16.3 Å². The van der Waals surface area contributed by atoms with Gasteiger partial charge in [0.25, 0.3) is 0 Å². The third-order valence-electron chi connectivity index (χ3n) is 5.23. The van der Waals surface area contributed by atoms with Crippen LogP contribution in [0.25, 0.3) is 0 Å². The van der Waals surface area contributed by atoms with Crippen molar-refractivity contribution in [1.29, 1.82) is 0 Å². The fourth-order valence-corrected chi connectivity index (χ4v) is 5.12. The summed E-state index contributed by atoms with van der Waals surface area (Å²) in [7, 11) is -1.84. The van der Waals surface area contributed by atoms with Crippen LogP contribution in [0, 0.1) is 13.8 Å². The highest BCUT2D eigenvalue weighted by atomic mass is 35.5. The van der Waals surface area contributed by atoms with E-state index in [1.165, 1.54) is 27.7 Å². The Kier molecular flexibility index (Phi) is 6.80. The van der Waals surface area contributed by atoms with E-state index in [0.717, 1.165) is 6.26 Å². The van der Waals surface area contributed by atoms with Crippen molar-refractivity contribution in [2.75, 3.05) is 6.26 Å². The van der Waals surface area contributed by atoms with E-state index in [9.17, 15) is 18.0 Å². The van der Waals surface area contributed by atoms with Crippen LogP contribution in [-0.2, 0) is 29.9 Å². The van der Waals surface area contributed by atoms with Crippen molar-refractivity contribution in [3.05, 3.63) is 57.0 Å². The van der Waals surface area contributed by atoms with Gasteiger partial charge in [0.05, 0.1) is 21.3 Å². The molecule has 0 amide bonds. The van der Waals surface area contributed by atoms with Crippen molar-refractivity contribution in [3.8, 4) is 5.88 Å². The monoisotopic (exact) mass is 492 g/mol. The van der Waals surface area contributed by atoms with Gasteiger partial charge in [-0.2, -0.15) is 10.2 Å². The van der Waals surface area contributed by atoms with Gasteiger partial charge < -0.3 is 4.74 Å². The van der Waals surface area contributed by atoms with Crippen LogP contribution < -0.4 is 4.74 Å². The summed E-state index contributed by atoms with van der Waals surface area (Å²) >= 11 is 6.50. The summed E-state index contributed by atoms with van der Waals surface area (Å²) in [5.41, 5.74) is 1.66. The number of aryl methyl sites for hydroxylation is 4. The van der Waals surface area contributed by atoms with Gasteiger partial charge in [-0.3, -0.25) is 9.48 Å². The normalized spacial score (nSPS) is 11.6.